The van der Waals surface area contributed by atoms with Gasteiger partial charge >= 0.3 is 12.0 Å². The number of amides is 2. The molecule has 10 nitrogen and oxygen atoms in total. The van der Waals surface area contributed by atoms with E-state index in [4.69, 9.17) is 15.5 Å². The van der Waals surface area contributed by atoms with Gasteiger partial charge in [-0.3, -0.25) is 4.98 Å². The van der Waals surface area contributed by atoms with Gasteiger partial charge < -0.3 is 31.7 Å². The highest BCUT2D eigenvalue weighted by atomic mass is 32.2. The minimum absolute atomic E-state index is 0.306. The van der Waals surface area contributed by atoms with E-state index in [1.165, 1.54) is 0 Å². The number of nitrogens with one attached hydrogen (secondary N) is 4. The van der Waals surface area contributed by atoms with Crippen molar-refractivity contribution >= 4 is 52.5 Å². The van der Waals surface area contributed by atoms with E-state index < -0.39 is 5.97 Å². The van der Waals surface area contributed by atoms with Gasteiger partial charge in [-0.15, -0.1) is 11.8 Å². The summed E-state index contributed by atoms with van der Waals surface area (Å²) >= 11 is 1.55. The number of nitrogens with zero attached hydrogens (tertiary/aromatic N) is 2. The normalized spacial score (nSPS) is 11.0. The Bertz CT molecular complexity index is 1510. The van der Waals surface area contributed by atoms with Crippen LogP contribution in [0, 0.1) is 6.92 Å². The number of esters is 1. The summed E-state index contributed by atoms with van der Waals surface area (Å²) in [5.74, 6) is 1.75. The van der Waals surface area contributed by atoms with Crippen molar-refractivity contribution in [2.24, 2.45) is 5.73 Å². The van der Waals surface area contributed by atoms with Crippen molar-refractivity contribution < 1.29 is 14.3 Å². The predicted octanol–water partition coefficient (Wildman–Crippen LogP) is 6.28. The third-order valence-corrected chi connectivity index (χ3v) is 6.70. The van der Waals surface area contributed by atoms with Crippen LogP contribution >= 0.6 is 11.8 Å². The zero-order chi connectivity index (χ0) is 29.7. The number of nitrogens with two attached hydrogens (primary N) is 1. The lowest BCUT2D eigenvalue weighted by molar-refractivity contribution is 0.0526. The number of rotatable bonds is 12. The predicted molar refractivity (Wildman–Crippen MR) is 170 cm³/mol. The van der Waals surface area contributed by atoms with Gasteiger partial charge in [0, 0.05) is 41.6 Å². The summed E-state index contributed by atoms with van der Waals surface area (Å²) in [7, 11) is 0. The van der Waals surface area contributed by atoms with Crippen molar-refractivity contribution in [3.05, 3.63) is 113 Å². The molecule has 0 fully saturated rings. The first-order valence-electron chi connectivity index (χ1n) is 13.3. The van der Waals surface area contributed by atoms with E-state index >= 15 is 0 Å². The maximum Gasteiger partial charge on any atom is 0.338 e. The molecular weight excluding hydrogens is 550 g/mol. The first kappa shape index (κ1) is 29.9. The topological polar surface area (TPSA) is 143 Å². The lowest BCUT2D eigenvalue weighted by Crippen LogP contribution is -2.19. The van der Waals surface area contributed by atoms with Gasteiger partial charge in [-0.2, -0.15) is 0 Å². The molecular formula is C31H33N7O3S. The quantitative estimate of drug-likeness (QED) is 0.0740. The molecule has 0 saturated heterocycles. The first-order chi connectivity index (χ1) is 20.4. The number of aromatic nitrogens is 2. The van der Waals surface area contributed by atoms with Crippen LogP contribution in [-0.4, -0.2) is 34.5 Å². The van der Waals surface area contributed by atoms with Crippen LogP contribution in [0.1, 0.15) is 34.0 Å². The molecule has 0 bridgehead atoms. The zero-order valence-corrected chi connectivity index (χ0v) is 24.2. The van der Waals surface area contributed by atoms with Crippen molar-refractivity contribution in [3.8, 4) is 0 Å². The van der Waals surface area contributed by atoms with Gasteiger partial charge in [0.25, 0.3) is 0 Å². The maximum absolute atomic E-state index is 12.4. The SMILES string of the molecule is CCOC(=O)c1ccc(NC(=O)Nc2ccc(CNc3ccc(C)c(NCS/C=C(\N)c4cccnc4)n3)cc2)cc1. The minimum atomic E-state index is -0.399. The maximum atomic E-state index is 12.4. The molecule has 216 valence electrons. The molecule has 0 spiro atoms. The summed E-state index contributed by atoms with van der Waals surface area (Å²) in [4.78, 5) is 32.9. The van der Waals surface area contributed by atoms with Gasteiger partial charge in [0.15, 0.2) is 0 Å². The van der Waals surface area contributed by atoms with Crippen LogP contribution in [0.3, 0.4) is 0 Å². The highest BCUT2D eigenvalue weighted by Gasteiger charge is 2.08. The Morgan fingerprint density at radius 3 is 2.31 bits per heavy atom. The summed E-state index contributed by atoms with van der Waals surface area (Å²) < 4.78 is 4.97. The summed E-state index contributed by atoms with van der Waals surface area (Å²) in [5, 5.41) is 14.1. The van der Waals surface area contributed by atoms with Crippen LogP contribution < -0.4 is 27.0 Å². The Labute approximate surface area is 249 Å². The molecule has 2 aromatic heterocycles. The Morgan fingerprint density at radius 2 is 1.64 bits per heavy atom. The molecule has 0 aliphatic rings. The number of benzene rings is 2. The number of carbonyl (C=O) groups excluding carboxylic acids is 2. The van der Waals surface area contributed by atoms with Crippen LogP contribution in [0.2, 0.25) is 0 Å². The molecule has 4 aromatic rings. The largest absolute Gasteiger partial charge is 0.462 e. The van der Waals surface area contributed by atoms with Gasteiger partial charge in [0.05, 0.1) is 18.0 Å². The van der Waals surface area contributed by atoms with E-state index in [0.717, 1.165) is 28.3 Å². The van der Waals surface area contributed by atoms with Crippen molar-refractivity contribution in [3.63, 3.8) is 0 Å². The molecule has 4 rings (SSSR count). The fourth-order valence-corrected chi connectivity index (χ4v) is 4.36. The molecule has 0 atom stereocenters. The van der Waals surface area contributed by atoms with Crippen LogP contribution in [-0.2, 0) is 11.3 Å². The molecule has 11 heteroatoms. The Hall–Kier alpha value is -5.03. The monoisotopic (exact) mass is 583 g/mol. The number of ether oxygens (including phenoxy) is 1. The lowest BCUT2D eigenvalue weighted by Gasteiger charge is -2.12. The van der Waals surface area contributed by atoms with Crippen LogP contribution in [0.25, 0.3) is 5.70 Å². The molecule has 0 aliphatic heterocycles. The Kier molecular flexibility index (Phi) is 10.8. The van der Waals surface area contributed by atoms with E-state index in [1.54, 1.807) is 55.3 Å². The molecule has 42 heavy (non-hydrogen) atoms. The highest BCUT2D eigenvalue weighted by Crippen LogP contribution is 2.19. The van der Waals surface area contributed by atoms with Gasteiger partial charge in [-0.25, -0.2) is 14.6 Å². The average molecular weight is 584 g/mol. The molecule has 0 unspecified atom stereocenters. The second-order valence-electron chi connectivity index (χ2n) is 9.09. The number of hydrogen-bond donors (Lipinski definition) is 5. The summed E-state index contributed by atoms with van der Waals surface area (Å²) in [6, 6.07) is 21.4. The van der Waals surface area contributed by atoms with Crippen LogP contribution in [0.15, 0.2) is 90.6 Å². The molecule has 0 radical (unpaired) electrons. The van der Waals surface area contributed by atoms with Crippen molar-refractivity contribution in [1.29, 1.82) is 0 Å². The van der Waals surface area contributed by atoms with Gasteiger partial charge in [-0.1, -0.05) is 18.2 Å². The van der Waals surface area contributed by atoms with Crippen LogP contribution in [0.4, 0.5) is 27.8 Å². The van der Waals surface area contributed by atoms with Gasteiger partial charge in [-0.05, 0) is 85.0 Å². The van der Waals surface area contributed by atoms with Crippen molar-refractivity contribution in [2.75, 3.05) is 33.8 Å². The Balaban J connectivity index is 1.23. The van der Waals surface area contributed by atoms with Crippen molar-refractivity contribution in [1.82, 2.24) is 9.97 Å². The number of aryl methyl sites for hydroxylation is 1. The van der Waals surface area contributed by atoms with Crippen molar-refractivity contribution in [2.45, 2.75) is 20.4 Å². The summed E-state index contributed by atoms with van der Waals surface area (Å²) in [5.41, 5.74) is 11.4. The van der Waals surface area contributed by atoms with E-state index in [2.05, 4.69) is 26.3 Å². The fraction of sp³-hybridized carbons (Fsp3) is 0.161. The molecule has 2 heterocycles. The molecule has 2 amide bonds. The van der Waals surface area contributed by atoms with Gasteiger partial charge in [0.1, 0.15) is 11.6 Å². The molecule has 0 aliphatic carbocycles. The second-order valence-corrected chi connectivity index (χ2v) is 9.95. The molecule has 0 saturated carbocycles. The number of thioether (sulfide) groups is 1. The summed E-state index contributed by atoms with van der Waals surface area (Å²) in [6.45, 7) is 4.62. The van der Waals surface area contributed by atoms with E-state index in [9.17, 15) is 9.59 Å². The van der Waals surface area contributed by atoms with Gasteiger partial charge in [0.2, 0.25) is 0 Å². The van der Waals surface area contributed by atoms with E-state index in [0.29, 0.717) is 41.7 Å². The van der Waals surface area contributed by atoms with E-state index in [-0.39, 0.29) is 6.03 Å². The third kappa shape index (κ3) is 9.00. The fourth-order valence-electron chi connectivity index (χ4n) is 3.75. The molecule has 2 aromatic carbocycles. The standard InChI is InChI=1S/C31H33N7O3S/c1-3-41-30(39)23-9-13-26(14-10-23)37-31(40)36-25-11-7-22(8-12-25)17-34-28-15-6-21(2)29(38-28)35-20-42-19-27(32)24-5-4-16-33-18-24/h4-16,18-19H,3,17,20,32H2,1-2H3,(H2,34,35,38)(H2,36,37,40)/b27-19-. The van der Waals surface area contributed by atoms with E-state index in [1.807, 2.05) is 60.9 Å². The number of hydrogen-bond acceptors (Lipinski definition) is 9. The number of anilines is 4. The van der Waals surface area contributed by atoms with Crippen LogP contribution in [0.5, 0.6) is 0 Å². The first-order valence-corrected chi connectivity index (χ1v) is 14.3. The molecule has 6 N–H and O–H groups in total. The number of urea groups is 1. The summed E-state index contributed by atoms with van der Waals surface area (Å²) in [6.07, 6.45) is 3.45. The highest BCUT2D eigenvalue weighted by molar-refractivity contribution is 8.02. The number of pyridine rings is 2. The third-order valence-electron chi connectivity index (χ3n) is 5.96. The smallest absolute Gasteiger partial charge is 0.338 e. The lowest BCUT2D eigenvalue weighted by atomic mass is 10.2. The second kappa shape index (κ2) is 15.1. The zero-order valence-electron chi connectivity index (χ0n) is 23.4. The minimum Gasteiger partial charge on any atom is -0.462 e. The number of carbonyl (C=O) groups is 2. The average Bonchev–Trinajstić information content (AvgIpc) is 3.01. The Morgan fingerprint density at radius 1 is 0.929 bits per heavy atom.